The highest BCUT2D eigenvalue weighted by molar-refractivity contribution is 5.94. The smallest absolute Gasteiger partial charge is 0.331 e. The fourth-order valence-electron chi connectivity index (χ4n) is 1.83. The molecule has 0 fully saturated rings. The van der Waals surface area contributed by atoms with E-state index in [1.807, 2.05) is 5.43 Å². The number of hydrogen-bond acceptors (Lipinski definition) is 5. The van der Waals surface area contributed by atoms with Crippen LogP contribution in [0.25, 0.3) is 0 Å². The summed E-state index contributed by atoms with van der Waals surface area (Å²) in [4.78, 5) is 35.3. The zero-order valence-electron chi connectivity index (χ0n) is 10.8. The largest absolute Gasteiger partial charge is 0.467 e. The van der Waals surface area contributed by atoms with Crippen LogP contribution in [0.2, 0.25) is 0 Å². The minimum Gasteiger partial charge on any atom is -0.467 e. The van der Waals surface area contributed by atoms with Crippen LogP contribution in [0.1, 0.15) is 23.0 Å². The Kier molecular flexibility index (Phi) is 3.85. The number of carbonyl (C=O) groups is 1. The molecule has 1 amide bonds. The minimum absolute atomic E-state index is 0.131. The summed E-state index contributed by atoms with van der Waals surface area (Å²) in [6.07, 6.45) is 2.73. The third-order valence-electron chi connectivity index (χ3n) is 2.90. The zero-order valence-corrected chi connectivity index (χ0v) is 10.8. The van der Waals surface area contributed by atoms with Crippen molar-refractivity contribution in [1.29, 1.82) is 0 Å². The van der Waals surface area contributed by atoms with E-state index in [0.717, 1.165) is 4.57 Å². The number of hydrazine groups is 1. The van der Waals surface area contributed by atoms with Crippen LogP contribution in [0.5, 0.6) is 0 Å². The predicted molar refractivity (Wildman–Crippen MR) is 70.1 cm³/mol. The fraction of sp³-hybridized carbons (Fsp3) is 0.250. The summed E-state index contributed by atoms with van der Waals surface area (Å²) in [5.74, 6) is 4.70. The number of rotatable bonds is 4. The maximum Gasteiger partial charge on any atom is 0.331 e. The first-order valence-corrected chi connectivity index (χ1v) is 5.96. The Morgan fingerprint density at radius 1 is 1.40 bits per heavy atom. The minimum atomic E-state index is -0.548. The standard InChI is InChI=1S/C12H14N4O4/c1-2-15-5-3-10(17)16(12(15)19)7-9-8(4-6-20-9)11(18)14-13/h3-6H,2,7,13H2,1H3,(H,14,18). The van der Waals surface area contributed by atoms with Crippen molar-refractivity contribution in [2.75, 3.05) is 0 Å². The Morgan fingerprint density at radius 3 is 2.80 bits per heavy atom. The third kappa shape index (κ3) is 2.41. The van der Waals surface area contributed by atoms with E-state index >= 15 is 0 Å². The molecule has 0 bridgehead atoms. The molecule has 0 aromatic carbocycles. The number of furan rings is 1. The van der Waals surface area contributed by atoms with Gasteiger partial charge in [-0.25, -0.2) is 10.6 Å². The lowest BCUT2D eigenvalue weighted by Crippen LogP contribution is -2.39. The Labute approximate surface area is 113 Å². The second-order valence-electron chi connectivity index (χ2n) is 4.04. The Morgan fingerprint density at radius 2 is 2.15 bits per heavy atom. The van der Waals surface area contributed by atoms with Crippen LogP contribution in [0.3, 0.4) is 0 Å². The van der Waals surface area contributed by atoms with Crippen molar-refractivity contribution >= 4 is 5.91 Å². The molecule has 8 nitrogen and oxygen atoms in total. The summed E-state index contributed by atoms with van der Waals surface area (Å²) in [6, 6.07) is 2.71. The molecular formula is C12H14N4O4. The third-order valence-corrected chi connectivity index (χ3v) is 2.90. The molecule has 0 saturated carbocycles. The van der Waals surface area contributed by atoms with Crippen LogP contribution >= 0.6 is 0 Å². The van der Waals surface area contributed by atoms with E-state index in [1.54, 1.807) is 6.92 Å². The van der Waals surface area contributed by atoms with Crippen LogP contribution in [-0.2, 0) is 13.1 Å². The molecule has 20 heavy (non-hydrogen) atoms. The summed E-state index contributed by atoms with van der Waals surface area (Å²) in [6.45, 7) is 2.10. The Balaban J connectivity index is 2.46. The van der Waals surface area contributed by atoms with Gasteiger partial charge in [-0.1, -0.05) is 0 Å². The number of aromatic nitrogens is 2. The SMILES string of the molecule is CCn1ccc(=O)n(Cc2occc2C(=O)NN)c1=O. The first-order chi connectivity index (χ1) is 9.58. The molecular weight excluding hydrogens is 264 g/mol. The summed E-state index contributed by atoms with van der Waals surface area (Å²) in [5, 5.41) is 0. The number of nitrogen functional groups attached to an aromatic ring is 1. The van der Waals surface area contributed by atoms with Crippen LogP contribution in [0.15, 0.2) is 38.6 Å². The number of amides is 1. The molecule has 0 atom stereocenters. The number of hydrogen-bond donors (Lipinski definition) is 2. The van der Waals surface area contributed by atoms with E-state index in [1.165, 1.54) is 29.2 Å². The molecule has 3 N–H and O–H groups in total. The monoisotopic (exact) mass is 278 g/mol. The van der Waals surface area contributed by atoms with E-state index in [4.69, 9.17) is 10.3 Å². The number of nitrogens with two attached hydrogens (primary N) is 1. The van der Waals surface area contributed by atoms with Crippen LogP contribution < -0.4 is 22.5 Å². The molecule has 0 radical (unpaired) electrons. The topological polar surface area (TPSA) is 112 Å². The number of carbonyl (C=O) groups excluding carboxylic acids is 1. The normalized spacial score (nSPS) is 10.5. The van der Waals surface area contributed by atoms with E-state index in [-0.39, 0.29) is 17.9 Å². The first-order valence-electron chi connectivity index (χ1n) is 5.96. The molecule has 2 aromatic heterocycles. The van der Waals surface area contributed by atoms with Gasteiger partial charge in [0.05, 0.1) is 18.4 Å². The second-order valence-corrected chi connectivity index (χ2v) is 4.04. The van der Waals surface area contributed by atoms with Crippen LogP contribution in [-0.4, -0.2) is 15.0 Å². The zero-order chi connectivity index (χ0) is 14.7. The van der Waals surface area contributed by atoms with Crippen molar-refractivity contribution < 1.29 is 9.21 Å². The maximum absolute atomic E-state index is 12.1. The first kappa shape index (κ1) is 13.8. The molecule has 0 unspecified atom stereocenters. The lowest BCUT2D eigenvalue weighted by Gasteiger charge is -2.07. The predicted octanol–water partition coefficient (Wildman–Crippen LogP) is -0.725. The second kappa shape index (κ2) is 5.57. The van der Waals surface area contributed by atoms with Crippen molar-refractivity contribution in [3.63, 3.8) is 0 Å². The van der Waals surface area contributed by atoms with Crippen molar-refractivity contribution in [3.8, 4) is 0 Å². The van der Waals surface area contributed by atoms with Crippen LogP contribution in [0.4, 0.5) is 0 Å². The number of aryl methyl sites for hydroxylation is 1. The highest BCUT2D eigenvalue weighted by atomic mass is 16.3. The molecule has 0 aliphatic carbocycles. The number of nitrogens with one attached hydrogen (secondary N) is 1. The fourth-order valence-corrected chi connectivity index (χ4v) is 1.83. The lowest BCUT2D eigenvalue weighted by molar-refractivity contribution is 0.0951. The van der Waals surface area contributed by atoms with E-state index in [0.29, 0.717) is 6.54 Å². The molecule has 2 heterocycles. The van der Waals surface area contributed by atoms with Gasteiger partial charge in [0.25, 0.3) is 11.5 Å². The Hall–Kier alpha value is -2.61. The average molecular weight is 278 g/mol. The van der Waals surface area contributed by atoms with Gasteiger partial charge in [-0.05, 0) is 13.0 Å². The van der Waals surface area contributed by atoms with Gasteiger partial charge in [-0.3, -0.25) is 19.6 Å². The summed E-state index contributed by atoms with van der Waals surface area (Å²) in [5.41, 5.74) is 1.24. The van der Waals surface area contributed by atoms with Gasteiger partial charge < -0.3 is 8.98 Å². The van der Waals surface area contributed by atoms with Gasteiger partial charge in [-0.2, -0.15) is 0 Å². The van der Waals surface area contributed by atoms with Crippen molar-refractivity contribution in [2.45, 2.75) is 20.0 Å². The highest BCUT2D eigenvalue weighted by Crippen LogP contribution is 2.10. The lowest BCUT2D eigenvalue weighted by atomic mass is 10.2. The molecule has 0 aliphatic heterocycles. The van der Waals surface area contributed by atoms with Crippen molar-refractivity contribution in [2.24, 2.45) is 5.84 Å². The van der Waals surface area contributed by atoms with E-state index in [9.17, 15) is 14.4 Å². The van der Waals surface area contributed by atoms with E-state index < -0.39 is 17.2 Å². The molecule has 2 rings (SSSR count). The van der Waals surface area contributed by atoms with Crippen molar-refractivity contribution in [1.82, 2.24) is 14.6 Å². The van der Waals surface area contributed by atoms with Crippen molar-refractivity contribution in [3.05, 3.63) is 56.8 Å². The van der Waals surface area contributed by atoms with Gasteiger partial charge in [0.1, 0.15) is 5.76 Å². The molecule has 2 aromatic rings. The maximum atomic E-state index is 12.1. The number of nitrogens with zero attached hydrogens (tertiary/aromatic N) is 2. The van der Waals surface area contributed by atoms with E-state index in [2.05, 4.69) is 0 Å². The molecule has 0 saturated heterocycles. The van der Waals surface area contributed by atoms with Gasteiger partial charge in [-0.15, -0.1) is 0 Å². The summed E-state index contributed by atoms with van der Waals surface area (Å²) < 4.78 is 7.53. The van der Waals surface area contributed by atoms with Crippen LogP contribution in [0, 0.1) is 0 Å². The van der Waals surface area contributed by atoms with Gasteiger partial charge in [0, 0.05) is 18.8 Å². The molecule has 0 spiro atoms. The molecule has 8 heteroatoms. The molecule has 106 valence electrons. The quantitative estimate of drug-likeness (QED) is 0.435. The summed E-state index contributed by atoms with van der Waals surface area (Å²) in [7, 11) is 0. The summed E-state index contributed by atoms with van der Waals surface area (Å²) >= 11 is 0. The van der Waals surface area contributed by atoms with Gasteiger partial charge >= 0.3 is 5.69 Å². The Bertz CT molecular complexity index is 740. The van der Waals surface area contributed by atoms with Gasteiger partial charge in [0.2, 0.25) is 0 Å². The van der Waals surface area contributed by atoms with Gasteiger partial charge in [0.15, 0.2) is 0 Å². The molecule has 0 aliphatic rings. The average Bonchev–Trinajstić information content (AvgIpc) is 2.91. The highest BCUT2D eigenvalue weighted by Gasteiger charge is 2.16.